The van der Waals surface area contributed by atoms with Gasteiger partial charge in [0, 0.05) is 6.42 Å². The van der Waals surface area contributed by atoms with Gasteiger partial charge in [-0.15, -0.1) is 11.8 Å². The first-order valence-electron chi connectivity index (χ1n) is 7.13. The Morgan fingerprint density at radius 1 is 1.33 bits per heavy atom. The number of halogens is 3. The van der Waals surface area contributed by atoms with Gasteiger partial charge in [0.05, 0.1) is 17.1 Å². The maximum absolute atomic E-state index is 13.1. The first-order valence-corrected chi connectivity index (χ1v) is 8.12. The van der Waals surface area contributed by atoms with Crippen LogP contribution in [-0.2, 0) is 10.9 Å². The molecule has 1 fully saturated rings. The summed E-state index contributed by atoms with van der Waals surface area (Å²) in [6.45, 7) is 2.54. The molecule has 1 aliphatic rings. The molecule has 0 amide bonds. The van der Waals surface area contributed by atoms with Gasteiger partial charge < -0.3 is 9.47 Å². The first kappa shape index (κ1) is 16.5. The van der Waals surface area contributed by atoms with Crippen molar-refractivity contribution in [3.05, 3.63) is 23.8 Å². The smallest absolute Gasteiger partial charge is 0.417 e. The van der Waals surface area contributed by atoms with Crippen molar-refractivity contribution in [1.82, 2.24) is 0 Å². The quantitative estimate of drug-likeness (QED) is 0.702. The van der Waals surface area contributed by atoms with Crippen LogP contribution >= 0.6 is 11.8 Å². The Morgan fingerprint density at radius 2 is 2.14 bits per heavy atom. The number of rotatable bonds is 5. The van der Waals surface area contributed by atoms with E-state index in [1.54, 1.807) is 6.07 Å². The van der Waals surface area contributed by atoms with Crippen LogP contribution in [0.1, 0.15) is 38.2 Å². The summed E-state index contributed by atoms with van der Waals surface area (Å²) in [7, 11) is 0. The molecule has 1 saturated heterocycles. The summed E-state index contributed by atoms with van der Waals surface area (Å²) in [6, 6.07) is 4.08. The fourth-order valence-electron chi connectivity index (χ4n) is 2.13. The normalized spacial score (nSPS) is 19.5. The molecule has 118 valence electrons. The summed E-state index contributed by atoms with van der Waals surface area (Å²) in [5.74, 6) is 0.893. The van der Waals surface area contributed by atoms with Crippen molar-refractivity contribution >= 4 is 11.8 Å². The zero-order valence-corrected chi connectivity index (χ0v) is 12.7. The van der Waals surface area contributed by atoms with Gasteiger partial charge in [-0.2, -0.15) is 13.2 Å². The van der Waals surface area contributed by atoms with Gasteiger partial charge in [0.1, 0.15) is 5.75 Å². The molecule has 0 saturated carbocycles. The predicted molar refractivity (Wildman–Crippen MR) is 76.7 cm³/mol. The molecule has 21 heavy (non-hydrogen) atoms. The lowest BCUT2D eigenvalue weighted by atomic mass is 10.2. The second kappa shape index (κ2) is 7.40. The van der Waals surface area contributed by atoms with Crippen LogP contribution in [0.2, 0.25) is 0 Å². The molecule has 1 heterocycles. The van der Waals surface area contributed by atoms with Crippen LogP contribution in [0, 0.1) is 0 Å². The van der Waals surface area contributed by atoms with Gasteiger partial charge in [-0.25, -0.2) is 0 Å². The number of alkyl halides is 3. The average Bonchev–Trinajstić information content (AvgIpc) is 2.46. The van der Waals surface area contributed by atoms with Crippen LogP contribution in [0.25, 0.3) is 0 Å². The molecule has 1 aromatic rings. The van der Waals surface area contributed by atoms with Gasteiger partial charge in [0.25, 0.3) is 0 Å². The molecule has 0 aliphatic carbocycles. The third kappa shape index (κ3) is 4.54. The molecule has 0 bridgehead atoms. The molecule has 1 aromatic carbocycles. The van der Waals surface area contributed by atoms with E-state index in [9.17, 15) is 13.2 Å². The van der Waals surface area contributed by atoms with Gasteiger partial charge >= 0.3 is 6.18 Å². The lowest BCUT2D eigenvalue weighted by Crippen LogP contribution is -2.25. The van der Waals surface area contributed by atoms with Crippen LogP contribution in [-0.4, -0.2) is 18.6 Å². The molecule has 0 radical (unpaired) electrons. The van der Waals surface area contributed by atoms with E-state index in [4.69, 9.17) is 9.47 Å². The SMILES string of the molecule is CCCSc1c(OC2CCCCO2)cccc1C(F)(F)F. The molecule has 1 unspecified atom stereocenters. The molecule has 0 aromatic heterocycles. The molecule has 2 nitrogen and oxygen atoms in total. The summed E-state index contributed by atoms with van der Waals surface area (Å²) in [5.41, 5.74) is -0.630. The Bertz CT molecular complexity index is 457. The zero-order chi connectivity index (χ0) is 15.3. The van der Waals surface area contributed by atoms with E-state index in [0.717, 1.165) is 25.3 Å². The summed E-state index contributed by atoms with van der Waals surface area (Å²) in [5, 5.41) is 0. The monoisotopic (exact) mass is 320 g/mol. The van der Waals surface area contributed by atoms with Crippen LogP contribution in [0.4, 0.5) is 13.2 Å². The molecule has 1 atom stereocenters. The lowest BCUT2D eigenvalue weighted by molar-refractivity contribution is -0.141. The third-order valence-corrected chi connectivity index (χ3v) is 4.45. The fourth-order valence-corrected chi connectivity index (χ4v) is 3.14. The van der Waals surface area contributed by atoms with Crippen molar-refractivity contribution < 1.29 is 22.6 Å². The van der Waals surface area contributed by atoms with E-state index < -0.39 is 18.0 Å². The maximum atomic E-state index is 13.1. The number of ether oxygens (including phenoxy) is 2. The fraction of sp³-hybridized carbons (Fsp3) is 0.600. The second-order valence-corrected chi connectivity index (χ2v) is 6.00. The Kier molecular flexibility index (Phi) is 5.81. The summed E-state index contributed by atoms with van der Waals surface area (Å²) in [4.78, 5) is 0.168. The topological polar surface area (TPSA) is 18.5 Å². The highest BCUT2D eigenvalue weighted by atomic mass is 32.2. The highest BCUT2D eigenvalue weighted by molar-refractivity contribution is 7.99. The minimum atomic E-state index is -4.37. The van der Waals surface area contributed by atoms with E-state index in [2.05, 4.69) is 0 Å². The van der Waals surface area contributed by atoms with E-state index in [1.165, 1.54) is 17.8 Å². The van der Waals surface area contributed by atoms with Crippen LogP contribution in [0.15, 0.2) is 23.1 Å². The summed E-state index contributed by atoms with van der Waals surface area (Å²) < 4.78 is 50.5. The maximum Gasteiger partial charge on any atom is 0.417 e. The van der Waals surface area contributed by atoms with Crippen LogP contribution in [0.3, 0.4) is 0 Å². The lowest BCUT2D eigenvalue weighted by Gasteiger charge is -2.25. The van der Waals surface area contributed by atoms with Gasteiger partial charge in [-0.1, -0.05) is 13.0 Å². The molecular weight excluding hydrogens is 301 g/mol. The van der Waals surface area contributed by atoms with E-state index in [1.807, 2.05) is 6.92 Å². The van der Waals surface area contributed by atoms with Crippen molar-refractivity contribution in [1.29, 1.82) is 0 Å². The summed E-state index contributed by atoms with van der Waals surface area (Å²) in [6.07, 6.45) is -1.35. The number of hydrogen-bond acceptors (Lipinski definition) is 3. The van der Waals surface area contributed by atoms with Gasteiger partial charge in [0.2, 0.25) is 0 Å². The largest absolute Gasteiger partial charge is 0.464 e. The predicted octanol–water partition coefficient (Wildman–Crippen LogP) is 5.11. The first-order chi connectivity index (χ1) is 10.0. The van der Waals surface area contributed by atoms with Crippen molar-refractivity contribution in [3.63, 3.8) is 0 Å². The van der Waals surface area contributed by atoms with Crippen molar-refractivity contribution in [2.24, 2.45) is 0 Å². The van der Waals surface area contributed by atoms with Gasteiger partial charge in [0.15, 0.2) is 6.29 Å². The zero-order valence-electron chi connectivity index (χ0n) is 11.9. The number of benzene rings is 1. The minimum Gasteiger partial charge on any atom is -0.464 e. The molecule has 1 aliphatic heterocycles. The van der Waals surface area contributed by atoms with Crippen molar-refractivity contribution in [2.45, 2.75) is 50.0 Å². The van der Waals surface area contributed by atoms with E-state index in [0.29, 0.717) is 18.8 Å². The minimum absolute atomic E-state index is 0.168. The Hall–Kier alpha value is -0.880. The average molecular weight is 320 g/mol. The number of thioether (sulfide) groups is 1. The van der Waals surface area contributed by atoms with Crippen molar-refractivity contribution in [3.8, 4) is 5.75 Å². The molecular formula is C15H19F3O2S. The van der Waals surface area contributed by atoms with Gasteiger partial charge in [-0.05, 0) is 37.1 Å². The highest BCUT2D eigenvalue weighted by Gasteiger charge is 2.35. The highest BCUT2D eigenvalue weighted by Crippen LogP contribution is 2.42. The molecule has 0 spiro atoms. The second-order valence-electron chi connectivity index (χ2n) is 4.89. The molecule has 2 rings (SSSR count). The van der Waals surface area contributed by atoms with Crippen LogP contribution < -0.4 is 4.74 Å². The third-order valence-electron chi connectivity index (χ3n) is 3.13. The Morgan fingerprint density at radius 3 is 2.76 bits per heavy atom. The molecule has 0 N–H and O–H groups in total. The summed E-state index contributed by atoms with van der Waals surface area (Å²) >= 11 is 1.19. The molecule has 6 heteroatoms. The Labute approximate surface area is 127 Å². The Balaban J connectivity index is 2.25. The number of hydrogen-bond donors (Lipinski definition) is 0. The standard InChI is InChI=1S/C15H19F3O2S/c1-2-10-21-14-11(15(16,17)18)6-5-7-12(14)20-13-8-3-4-9-19-13/h5-7,13H,2-4,8-10H2,1H3. The van der Waals surface area contributed by atoms with Gasteiger partial charge in [-0.3, -0.25) is 0 Å². The van der Waals surface area contributed by atoms with Crippen molar-refractivity contribution in [2.75, 3.05) is 12.4 Å². The van der Waals surface area contributed by atoms with Crippen LogP contribution in [0.5, 0.6) is 5.75 Å². The van der Waals surface area contributed by atoms with E-state index in [-0.39, 0.29) is 10.6 Å². The van der Waals surface area contributed by atoms with E-state index >= 15 is 0 Å².